The number of fused-ring (bicyclic) bond motifs is 1. The molecule has 4 rings (SSSR count). The summed E-state index contributed by atoms with van der Waals surface area (Å²) in [6.45, 7) is 2.44. The molecular formula is C20H16N2O2S3. The van der Waals surface area contributed by atoms with Crippen LogP contribution >= 0.6 is 34.4 Å². The molecule has 1 aromatic carbocycles. The minimum absolute atomic E-state index is 0.0306. The molecule has 0 fully saturated rings. The molecule has 7 heteroatoms. The first-order valence-electron chi connectivity index (χ1n) is 8.46. The fourth-order valence-corrected chi connectivity index (χ4v) is 5.61. The number of rotatable bonds is 6. The molecule has 0 unspecified atom stereocenters. The Morgan fingerprint density at radius 1 is 1.15 bits per heavy atom. The standard InChI is InChI=1S/C20H16N2O2S3/c1-2-22-19(24)17-14(16-9-6-10-25-16)11-26-18(17)21-20(22)27-12-15(23)13-7-4-3-5-8-13/h3-11H,2,12H2,1H3. The zero-order valence-corrected chi connectivity index (χ0v) is 17.0. The van der Waals surface area contributed by atoms with Crippen LogP contribution in [0, 0.1) is 0 Å². The molecule has 4 nitrogen and oxygen atoms in total. The van der Waals surface area contributed by atoms with Crippen molar-refractivity contribution in [2.75, 3.05) is 5.75 Å². The van der Waals surface area contributed by atoms with Crippen molar-refractivity contribution in [3.63, 3.8) is 0 Å². The summed E-state index contributed by atoms with van der Waals surface area (Å²) in [6.07, 6.45) is 0. The molecule has 0 saturated heterocycles. The number of carbonyl (C=O) groups excluding carboxylic acids is 1. The van der Waals surface area contributed by atoms with Gasteiger partial charge in [0.2, 0.25) is 0 Å². The van der Waals surface area contributed by atoms with E-state index in [0.29, 0.717) is 22.7 Å². The SMILES string of the molecule is CCn1c(SCC(=O)c2ccccc2)nc2scc(-c3cccs3)c2c1=O. The highest BCUT2D eigenvalue weighted by molar-refractivity contribution is 7.99. The summed E-state index contributed by atoms with van der Waals surface area (Å²) >= 11 is 4.41. The van der Waals surface area contributed by atoms with Crippen LogP contribution in [0.4, 0.5) is 0 Å². The van der Waals surface area contributed by atoms with Gasteiger partial charge < -0.3 is 0 Å². The molecule has 136 valence electrons. The van der Waals surface area contributed by atoms with E-state index < -0.39 is 0 Å². The van der Waals surface area contributed by atoms with Crippen LogP contribution in [-0.4, -0.2) is 21.1 Å². The summed E-state index contributed by atoms with van der Waals surface area (Å²) in [5.74, 6) is 0.286. The van der Waals surface area contributed by atoms with Crippen molar-refractivity contribution < 1.29 is 4.79 Å². The van der Waals surface area contributed by atoms with Crippen LogP contribution in [0.1, 0.15) is 17.3 Å². The molecule has 0 radical (unpaired) electrons. The third-order valence-corrected chi connectivity index (χ3v) is 6.94. The van der Waals surface area contributed by atoms with E-state index in [1.54, 1.807) is 28.0 Å². The minimum atomic E-state index is -0.0400. The Hall–Kier alpha value is -2.22. The minimum Gasteiger partial charge on any atom is -0.293 e. The van der Waals surface area contributed by atoms with Crippen molar-refractivity contribution in [3.05, 3.63) is 69.1 Å². The molecule has 4 aromatic rings. The molecule has 0 bridgehead atoms. The highest BCUT2D eigenvalue weighted by Gasteiger charge is 2.18. The molecule has 0 aliphatic carbocycles. The second kappa shape index (κ2) is 7.80. The smallest absolute Gasteiger partial charge is 0.263 e. The maximum absolute atomic E-state index is 13.1. The molecular weight excluding hydrogens is 396 g/mol. The van der Waals surface area contributed by atoms with Crippen LogP contribution in [-0.2, 0) is 6.54 Å². The molecule has 3 aromatic heterocycles. The van der Waals surface area contributed by atoms with Crippen LogP contribution in [0.2, 0.25) is 0 Å². The van der Waals surface area contributed by atoms with Gasteiger partial charge in [0, 0.05) is 27.9 Å². The fourth-order valence-electron chi connectivity index (χ4n) is 2.85. The predicted octanol–water partition coefficient (Wildman–Crippen LogP) is 5.18. The first kappa shape index (κ1) is 18.2. The summed E-state index contributed by atoms with van der Waals surface area (Å²) in [5.41, 5.74) is 1.58. The fraction of sp³-hybridized carbons (Fsp3) is 0.150. The maximum atomic E-state index is 13.1. The van der Waals surface area contributed by atoms with Gasteiger partial charge in [-0.2, -0.15) is 0 Å². The summed E-state index contributed by atoms with van der Waals surface area (Å²) in [7, 11) is 0. The Morgan fingerprint density at radius 2 is 1.96 bits per heavy atom. The van der Waals surface area contributed by atoms with E-state index in [1.165, 1.54) is 23.1 Å². The summed E-state index contributed by atoms with van der Waals surface area (Å²) in [6, 6.07) is 13.2. The zero-order valence-electron chi connectivity index (χ0n) is 14.5. The van der Waals surface area contributed by atoms with Crippen molar-refractivity contribution in [2.45, 2.75) is 18.6 Å². The molecule has 0 amide bonds. The van der Waals surface area contributed by atoms with Crippen LogP contribution in [0.25, 0.3) is 20.7 Å². The number of benzene rings is 1. The molecule has 0 atom stereocenters. The summed E-state index contributed by atoms with van der Waals surface area (Å²) in [5, 5.41) is 5.26. The number of thiophene rings is 2. The van der Waals surface area contributed by atoms with Crippen molar-refractivity contribution in [1.82, 2.24) is 9.55 Å². The van der Waals surface area contributed by atoms with E-state index in [9.17, 15) is 9.59 Å². The number of Topliss-reactive ketones (excluding diaryl/α,β-unsaturated/α-hetero) is 1. The molecule has 27 heavy (non-hydrogen) atoms. The van der Waals surface area contributed by atoms with E-state index >= 15 is 0 Å². The first-order chi connectivity index (χ1) is 13.2. The lowest BCUT2D eigenvalue weighted by Gasteiger charge is -2.10. The van der Waals surface area contributed by atoms with Crippen LogP contribution in [0.3, 0.4) is 0 Å². The molecule has 0 aliphatic heterocycles. The highest BCUT2D eigenvalue weighted by atomic mass is 32.2. The normalized spacial score (nSPS) is 11.1. The van der Waals surface area contributed by atoms with Gasteiger partial charge in [-0.25, -0.2) is 4.98 Å². The Morgan fingerprint density at radius 3 is 2.67 bits per heavy atom. The zero-order chi connectivity index (χ0) is 18.8. The second-order valence-corrected chi connectivity index (χ2v) is 8.58. The Bertz CT molecular complexity index is 1150. The third kappa shape index (κ3) is 3.50. The number of aromatic nitrogens is 2. The van der Waals surface area contributed by atoms with E-state index in [-0.39, 0.29) is 17.1 Å². The van der Waals surface area contributed by atoms with Crippen LogP contribution in [0.5, 0.6) is 0 Å². The predicted molar refractivity (Wildman–Crippen MR) is 114 cm³/mol. The Labute approximate surface area is 168 Å². The topological polar surface area (TPSA) is 52.0 Å². The molecule has 0 spiro atoms. The van der Waals surface area contributed by atoms with Gasteiger partial charge in [-0.15, -0.1) is 22.7 Å². The number of hydrogen-bond acceptors (Lipinski definition) is 6. The Balaban J connectivity index is 1.70. The number of carbonyl (C=O) groups is 1. The van der Waals surface area contributed by atoms with E-state index in [4.69, 9.17) is 4.98 Å². The average molecular weight is 413 g/mol. The highest BCUT2D eigenvalue weighted by Crippen LogP contribution is 2.34. The number of ketones is 1. The monoisotopic (exact) mass is 412 g/mol. The van der Waals surface area contributed by atoms with Crippen molar-refractivity contribution in [3.8, 4) is 10.4 Å². The lowest BCUT2D eigenvalue weighted by atomic mass is 10.2. The van der Waals surface area contributed by atoms with E-state index in [1.807, 2.05) is 48.0 Å². The first-order valence-corrected chi connectivity index (χ1v) is 11.2. The van der Waals surface area contributed by atoms with Crippen LogP contribution < -0.4 is 5.56 Å². The maximum Gasteiger partial charge on any atom is 0.263 e. The lowest BCUT2D eigenvalue weighted by molar-refractivity contribution is 0.102. The molecule has 0 N–H and O–H groups in total. The van der Waals surface area contributed by atoms with Crippen molar-refractivity contribution in [2.24, 2.45) is 0 Å². The molecule has 0 saturated carbocycles. The van der Waals surface area contributed by atoms with Gasteiger partial charge >= 0.3 is 0 Å². The van der Waals surface area contributed by atoms with Gasteiger partial charge in [0.1, 0.15) is 4.83 Å². The average Bonchev–Trinajstić information content (AvgIpc) is 3.36. The Kier molecular flexibility index (Phi) is 5.24. The van der Waals surface area contributed by atoms with Gasteiger partial charge in [-0.3, -0.25) is 14.2 Å². The lowest BCUT2D eigenvalue weighted by Crippen LogP contribution is -2.22. The van der Waals surface area contributed by atoms with Gasteiger partial charge in [-0.1, -0.05) is 48.2 Å². The van der Waals surface area contributed by atoms with E-state index in [0.717, 1.165) is 15.3 Å². The number of thioether (sulfide) groups is 1. The van der Waals surface area contributed by atoms with Crippen molar-refractivity contribution >= 4 is 50.4 Å². The number of hydrogen-bond donors (Lipinski definition) is 0. The van der Waals surface area contributed by atoms with Gasteiger partial charge in [-0.05, 0) is 18.4 Å². The quantitative estimate of drug-likeness (QED) is 0.249. The summed E-state index contributed by atoms with van der Waals surface area (Å²) in [4.78, 5) is 32.0. The van der Waals surface area contributed by atoms with Gasteiger partial charge in [0.05, 0.1) is 11.1 Å². The summed E-state index contributed by atoms with van der Waals surface area (Å²) < 4.78 is 1.66. The van der Waals surface area contributed by atoms with E-state index in [2.05, 4.69) is 0 Å². The second-order valence-electron chi connectivity index (χ2n) is 5.83. The molecule has 0 aliphatic rings. The third-order valence-electron chi connectivity index (χ3n) is 4.19. The largest absolute Gasteiger partial charge is 0.293 e. The number of nitrogens with zero attached hydrogens (tertiary/aromatic N) is 2. The van der Waals surface area contributed by atoms with Gasteiger partial charge in [0.15, 0.2) is 10.9 Å². The van der Waals surface area contributed by atoms with Crippen molar-refractivity contribution in [1.29, 1.82) is 0 Å². The van der Waals surface area contributed by atoms with Gasteiger partial charge in [0.25, 0.3) is 5.56 Å². The van der Waals surface area contributed by atoms with Crippen LogP contribution in [0.15, 0.2) is 63.2 Å². The molecule has 3 heterocycles.